The van der Waals surface area contributed by atoms with E-state index in [1.165, 1.54) is 5.56 Å². The van der Waals surface area contributed by atoms with Gasteiger partial charge in [0.25, 0.3) is 5.91 Å². The Morgan fingerprint density at radius 2 is 1.77 bits per heavy atom. The van der Waals surface area contributed by atoms with Crippen molar-refractivity contribution in [2.45, 2.75) is 13.0 Å². The summed E-state index contributed by atoms with van der Waals surface area (Å²) in [6.45, 7) is 2.55. The highest BCUT2D eigenvalue weighted by Gasteiger charge is 2.15. The summed E-state index contributed by atoms with van der Waals surface area (Å²) in [7, 11) is 8.07. The molecule has 26 heavy (non-hydrogen) atoms. The number of carbonyl (C=O) groups excluding carboxylic acids is 1. The number of carbonyl (C=O) groups is 1. The monoisotopic (exact) mass is 355 g/mol. The van der Waals surface area contributed by atoms with Crippen LogP contribution in [0.15, 0.2) is 48.5 Å². The molecule has 0 heterocycles. The number of hydrogen-bond acceptors (Lipinski definition) is 4. The number of hydrogen-bond donors (Lipinski definition) is 1. The highest BCUT2D eigenvalue weighted by molar-refractivity contribution is 5.77. The van der Waals surface area contributed by atoms with E-state index in [9.17, 15) is 4.79 Å². The first-order valence-electron chi connectivity index (χ1n) is 8.76. The fourth-order valence-electron chi connectivity index (χ4n) is 2.71. The summed E-state index contributed by atoms with van der Waals surface area (Å²) in [6, 6.07) is 16.2. The van der Waals surface area contributed by atoms with Crippen LogP contribution in [0.2, 0.25) is 0 Å². The standard InChI is InChI=1S/C21H29N3O2/c1-16-7-6-8-19(13-16)26-15-21(25)22-14-20(24(4)5)17-9-11-18(12-10-17)23(2)3/h6-13,20H,14-15H2,1-5H3,(H,22,25)/t20-/m0/s1. The van der Waals surface area contributed by atoms with Gasteiger partial charge in [0.15, 0.2) is 6.61 Å². The Morgan fingerprint density at radius 3 is 2.35 bits per heavy atom. The van der Waals surface area contributed by atoms with Gasteiger partial charge in [-0.25, -0.2) is 0 Å². The number of benzene rings is 2. The summed E-state index contributed by atoms with van der Waals surface area (Å²) >= 11 is 0. The first-order chi connectivity index (χ1) is 12.4. The third-order valence-electron chi connectivity index (χ3n) is 4.27. The minimum atomic E-state index is -0.122. The van der Waals surface area contributed by atoms with Crippen LogP contribution in [0.4, 0.5) is 5.69 Å². The van der Waals surface area contributed by atoms with Gasteiger partial charge < -0.3 is 19.9 Å². The van der Waals surface area contributed by atoms with E-state index in [-0.39, 0.29) is 18.6 Å². The molecule has 0 saturated carbocycles. The van der Waals surface area contributed by atoms with Crippen molar-refractivity contribution >= 4 is 11.6 Å². The molecule has 0 spiro atoms. The van der Waals surface area contributed by atoms with Gasteiger partial charge in [-0.1, -0.05) is 24.3 Å². The first-order valence-corrected chi connectivity index (χ1v) is 8.76. The predicted molar refractivity (Wildman–Crippen MR) is 107 cm³/mol. The van der Waals surface area contributed by atoms with E-state index in [1.807, 2.05) is 59.4 Å². The lowest BCUT2D eigenvalue weighted by atomic mass is 10.1. The number of likely N-dealkylation sites (N-methyl/N-ethyl adjacent to an activating group) is 1. The summed E-state index contributed by atoms with van der Waals surface area (Å²) in [6.07, 6.45) is 0. The van der Waals surface area contributed by atoms with Crippen LogP contribution in [0.5, 0.6) is 5.75 Å². The van der Waals surface area contributed by atoms with Gasteiger partial charge in [0.1, 0.15) is 5.75 Å². The lowest BCUT2D eigenvalue weighted by molar-refractivity contribution is -0.123. The van der Waals surface area contributed by atoms with Crippen LogP contribution in [0.3, 0.4) is 0 Å². The molecule has 1 atom stereocenters. The lowest BCUT2D eigenvalue weighted by Crippen LogP contribution is -2.36. The molecule has 2 aromatic carbocycles. The van der Waals surface area contributed by atoms with Crippen molar-refractivity contribution in [2.24, 2.45) is 0 Å². The molecule has 2 rings (SSSR count). The van der Waals surface area contributed by atoms with Crippen molar-refractivity contribution in [3.63, 3.8) is 0 Å². The van der Waals surface area contributed by atoms with Crippen LogP contribution in [-0.4, -0.2) is 52.1 Å². The molecule has 2 aromatic rings. The molecular formula is C21H29N3O2. The van der Waals surface area contributed by atoms with Gasteiger partial charge in [-0.2, -0.15) is 0 Å². The molecule has 5 nitrogen and oxygen atoms in total. The van der Waals surface area contributed by atoms with Crippen LogP contribution in [-0.2, 0) is 4.79 Å². The normalized spacial score (nSPS) is 11.9. The maximum absolute atomic E-state index is 12.1. The fourth-order valence-corrected chi connectivity index (χ4v) is 2.71. The van der Waals surface area contributed by atoms with Crippen molar-refractivity contribution in [3.05, 3.63) is 59.7 Å². The van der Waals surface area contributed by atoms with Crippen LogP contribution in [0.25, 0.3) is 0 Å². The maximum atomic E-state index is 12.1. The van der Waals surface area contributed by atoms with E-state index in [2.05, 4.69) is 39.4 Å². The van der Waals surface area contributed by atoms with Crippen molar-refractivity contribution in [2.75, 3.05) is 46.2 Å². The second kappa shape index (κ2) is 9.25. The quantitative estimate of drug-likeness (QED) is 0.791. The average Bonchev–Trinajstić information content (AvgIpc) is 2.60. The molecular weight excluding hydrogens is 326 g/mol. The molecule has 0 fully saturated rings. The van der Waals surface area contributed by atoms with Gasteiger partial charge in [0, 0.05) is 26.3 Å². The molecule has 0 aliphatic carbocycles. The van der Waals surface area contributed by atoms with Crippen LogP contribution >= 0.6 is 0 Å². The topological polar surface area (TPSA) is 44.8 Å². The summed E-state index contributed by atoms with van der Waals surface area (Å²) in [4.78, 5) is 16.3. The molecule has 0 aromatic heterocycles. The molecule has 0 saturated heterocycles. The molecule has 0 radical (unpaired) electrons. The van der Waals surface area contributed by atoms with Crippen molar-refractivity contribution in [1.82, 2.24) is 10.2 Å². The first kappa shape index (κ1) is 19.8. The number of nitrogens with zero attached hydrogens (tertiary/aromatic N) is 2. The Kier molecular flexibility index (Phi) is 7.04. The van der Waals surface area contributed by atoms with Crippen molar-refractivity contribution in [1.29, 1.82) is 0 Å². The second-order valence-electron chi connectivity index (χ2n) is 6.87. The SMILES string of the molecule is Cc1cccc(OCC(=O)NC[C@@H](c2ccc(N(C)C)cc2)N(C)C)c1. The fraction of sp³-hybridized carbons (Fsp3) is 0.381. The third-order valence-corrected chi connectivity index (χ3v) is 4.27. The highest BCUT2D eigenvalue weighted by atomic mass is 16.5. The van der Waals surface area contributed by atoms with E-state index in [1.54, 1.807) is 0 Å². The van der Waals surface area contributed by atoms with E-state index >= 15 is 0 Å². The smallest absolute Gasteiger partial charge is 0.258 e. The molecule has 0 bridgehead atoms. The Labute approximate surface area is 156 Å². The molecule has 1 N–H and O–H groups in total. The molecule has 0 aliphatic rings. The number of ether oxygens (including phenoxy) is 1. The Balaban J connectivity index is 1.90. The van der Waals surface area contributed by atoms with Gasteiger partial charge in [0.05, 0.1) is 6.04 Å². The molecule has 1 amide bonds. The Morgan fingerprint density at radius 1 is 1.08 bits per heavy atom. The van der Waals surface area contributed by atoms with Crippen molar-refractivity contribution in [3.8, 4) is 5.75 Å². The Bertz CT molecular complexity index is 711. The lowest BCUT2D eigenvalue weighted by Gasteiger charge is -2.25. The molecule has 5 heteroatoms. The summed E-state index contributed by atoms with van der Waals surface area (Å²) in [5.74, 6) is 0.590. The van der Waals surface area contributed by atoms with Gasteiger partial charge in [-0.15, -0.1) is 0 Å². The zero-order valence-corrected chi connectivity index (χ0v) is 16.3. The van der Waals surface area contributed by atoms with Gasteiger partial charge >= 0.3 is 0 Å². The highest BCUT2D eigenvalue weighted by Crippen LogP contribution is 2.21. The minimum Gasteiger partial charge on any atom is -0.484 e. The van der Waals surface area contributed by atoms with E-state index in [0.717, 1.165) is 11.3 Å². The van der Waals surface area contributed by atoms with E-state index < -0.39 is 0 Å². The van der Waals surface area contributed by atoms with Crippen LogP contribution in [0.1, 0.15) is 17.2 Å². The summed E-state index contributed by atoms with van der Waals surface area (Å²) in [5, 5.41) is 2.97. The summed E-state index contributed by atoms with van der Waals surface area (Å²) in [5.41, 5.74) is 3.43. The maximum Gasteiger partial charge on any atom is 0.258 e. The number of amides is 1. The van der Waals surface area contributed by atoms with Crippen molar-refractivity contribution < 1.29 is 9.53 Å². The molecule has 0 unspecified atom stereocenters. The van der Waals surface area contributed by atoms with Gasteiger partial charge in [0.2, 0.25) is 0 Å². The zero-order chi connectivity index (χ0) is 19.1. The van der Waals surface area contributed by atoms with E-state index in [0.29, 0.717) is 12.3 Å². The number of rotatable bonds is 8. The molecule has 140 valence electrons. The average molecular weight is 355 g/mol. The third kappa shape index (κ3) is 5.77. The minimum absolute atomic E-state index is 0.0170. The second-order valence-corrected chi connectivity index (χ2v) is 6.87. The van der Waals surface area contributed by atoms with Gasteiger partial charge in [-0.3, -0.25) is 4.79 Å². The number of anilines is 1. The van der Waals surface area contributed by atoms with Crippen LogP contribution in [0, 0.1) is 6.92 Å². The number of aryl methyl sites for hydroxylation is 1. The van der Waals surface area contributed by atoms with Gasteiger partial charge in [-0.05, 0) is 56.4 Å². The molecule has 0 aliphatic heterocycles. The number of nitrogens with one attached hydrogen (secondary N) is 1. The summed E-state index contributed by atoms with van der Waals surface area (Å²) < 4.78 is 5.56. The largest absolute Gasteiger partial charge is 0.484 e. The Hall–Kier alpha value is -2.53. The zero-order valence-electron chi connectivity index (χ0n) is 16.3. The van der Waals surface area contributed by atoms with E-state index in [4.69, 9.17) is 4.74 Å². The van der Waals surface area contributed by atoms with Crippen LogP contribution < -0.4 is 15.0 Å². The predicted octanol–water partition coefficient (Wildman–Crippen LogP) is 2.86.